The van der Waals surface area contributed by atoms with E-state index >= 15 is 0 Å². The Hall–Kier alpha value is -3.87. The van der Waals surface area contributed by atoms with Gasteiger partial charge >= 0.3 is 5.97 Å². The number of nitrogens with one attached hydrogen (secondary N) is 1. The van der Waals surface area contributed by atoms with E-state index in [4.69, 9.17) is 13.9 Å². The molecule has 0 saturated carbocycles. The van der Waals surface area contributed by atoms with Gasteiger partial charge in [0.1, 0.15) is 17.3 Å². The normalized spacial score (nSPS) is 10.7. The Bertz CT molecular complexity index is 1020. The van der Waals surface area contributed by atoms with Gasteiger partial charge in [0.15, 0.2) is 6.61 Å². The number of amides is 1. The molecule has 1 N–H and O–H groups in total. The molecule has 0 aliphatic rings. The van der Waals surface area contributed by atoms with E-state index in [1.165, 1.54) is 6.21 Å². The number of rotatable bonds is 8. The summed E-state index contributed by atoms with van der Waals surface area (Å²) in [5, 5.41) is 3.87. The smallest absolute Gasteiger partial charge is 0.338 e. The molecule has 1 heterocycles. The van der Waals surface area contributed by atoms with Gasteiger partial charge in [0.25, 0.3) is 5.91 Å². The van der Waals surface area contributed by atoms with E-state index in [1.54, 1.807) is 55.5 Å². The fourth-order valence-corrected chi connectivity index (χ4v) is 2.55. The lowest BCUT2D eigenvalue weighted by Gasteiger charge is -2.04. The number of hydrogen-bond donors (Lipinski definition) is 1. The maximum absolute atomic E-state index is 11.8. The Balaban J connectivity index is 1.51. The molecule has 0 radical (unpaired) electrons. The molecule has 0 aliphatic heterocycles. The van der Waals surface area contributed by atoms with Crippen LogP contribution in [0.25, 0.3) is 11.3 Å². The van der Waals surface area contributed by atoms with E-state index in [1.807, 2.05) is 19.1 Å². The molecule has 30 heavy (non-hydrogen) atoms. The van der Waals surface area contributed by atoms with Gasteiger partial charge in [-0.3, -0.25) is 4.79 Å². The van der Waals surface area contributed by atoms with Crippen LogP contribution in [0.15, 0.2) is 70.2 Å². The van der Waals surface area contributed by atoms with Gasteiger partial charge in [-0.15, -0.1) is 0 Å². The number of esters is 1. The third-order valence-corrected chi connectivity index (χ3v) is 4.08. The summed E-state index contributed by atoms with van der Waals surface area (Å²) in [6.45, 7) is 3.92. The second-order valence-corrected chi connectivity index (χ2v) is 6.39. The van der Waals surface area contributed by atoms with E-state index < -0.39 is 0 Å². The molecule has 0 saturated heterocycles. The first kappa shape index (κ1) is 20.9. The van der Waals surface area contributed by atoms with Crippen LogP contribution in [0, 0.1) is 6.92 Å². The van der Waals surface area contributed by atoms with Crippen LogP contribution in [0.2, 0.25) is 0 Å². The second kappa shape index (κ2) is 10.1. The van der Waals surface area contributed by atoms with Crippen molar-refractivity contribution in [1.29, 1.82) is 0 Å². The summed E-state index contributed by atoms with van der Waals surface area (Å²) in [7, 11) is 0. The van der Waals surface area contributed by atoms with Crippen molar-refractivity contribution < 1.29 is 23.5 Å². The lowest BCUT2D eigenvalue weighted by molar-refractivity contribution is -0.123. The highest BCUT2D eigenvalue weighted by Gasteiger charge is 2.08. The number of carbonyl (C=O) groups is 2. The molecule has 1 amide bonds. The first-order chi connectivity index (χ1) is 14.5. The zero-order valence-electron chi connectivity index (χ0n) is 16.8. The lowest BCUT2D eigenvalue weighted by atomic mass is 10.1. The Morgan fingerprint density at radius 1 is 1.03 bits per heavy atom. The van der Waals surface area contributed by atoms with Crippen molar-refractivity contribution in [2.45, 2.75) is 13.8 Å². The Kier molecular flexibility index (Phi) is 7.00. The summed E-state index contributed by atoms with van der Waals surface area (Å²) in [5.41, 5.74) is 4.78. The predicted octanol–water partition coefficient (Wildman–Crippen LogP) is 3.96. The summed E-state index contributed by atoms with van der Waals surface area (Å²) in [6, 6.07) is 17.8. The standard InChI is InChI=1S/C23H22N2O5/c1-3-28-23(27)18-8-6-17(7-9-18)21-13-12-20(30-21)14-24-25-22(26)15-29-19-10-4-16(2)5-11-19/h4-14H,3,15H2,1-2H3,(H,25,26). The van der Waals surface area contributed by atoms with Crippen molar-refractivity contribution in [3.8, 4) is 17.1 Å². The third kappa shape index (κ3) is 5.81. The highest BCUT2D eigenvalue weighted by molar-refractivity contribution is 5.90. The van der Waals surface area contributed by atoms with Crippen LogP contribution in [0.4, 0.5) is 0 Å². The van der Waals surface area contributed by atoms with E-state index in [-0.39, 0.29) is 18.5 Å². The molecule has 7 heteroatoms. The minimum atomic E-state index is -0.381. The Labute approximate surface area is 174 Å². The van der Waals surface area contributed by atoms with E-state index in [0.29, 0.717) is 29.4 Å². The number of benzene rings is 2. The molecule has 3 rings (SSSR count). The van der Waals surface area contributed by atoms with Gasteiger partial charge < -0.3 is 13.9 Å². The molecule has 2 aromatic carbocycles. The number of carbonyl (C=O) groups excluding carboxylic acids is 2. The zero-order valence-corrected chi connectivity index (χ0v) is 16.8. The summed E-state index contributed by atoms with van der Waals surface area (Å²) in [6.07, 6.45) is 1.40. The van der Waals surface area contributed by atoms with Crippen molar-refractivity contribution in [3.05, 3.63) is 77.6 Å². The molecular formula is C23H22N2O5. The van der Waals surface area contributed by atoms with Gasteiger partial charge in [-0.1, -0.05) is 29.8 Å². The predicted molar refractivity (Wildman–Crippen MR) is 113 cm³/mol. The maximum atomic E-state index is 11.8. The maximum Gasteiger partial charge on any atom is 0.338 e. The highest BCUT2D eigenvalue weighted by atomic mass is 16.5. The van der Waals surface area contributed by atoms with Crippen LogP contribution >= 0.6 is 0 Å². The molecule has 0 fully saturated rings. The summed E-state index contributed by atoms with van der Waals surface area (Å²) < 4.78 is 16.0. The third-order valence-electron chi connectivity index (χ3n) is 4.08. The van der Waals surface area contributed by atoms with Crippen LogP contribution in [0.5, 0.6) is 5.75 Å². The number of furan rings is 1. The van der Waals surface area contributed by atoms with Crippen LogP contribution in [0.3, 0.4) is 0 Å². The average molecular weight is 406 g/mol. The molecule has 0 atom stereocenters. The molecule has 3 aromatic rings. The second-order valence-electron chi connectivity index (χ2n) is 6.39. The van der Waals surface area contributed by atoms with Crippen molar-refractivity contribution in [2.75, 3.05) is 13.2 Å². The number of nitrogens with zero attached hydrogens (tertiary/aromatic N) is 1. The van der Waals surface area contributed by atoms with Crippen molar-refractivity contribution in [1.82, 2.24) is 5.43 Å². The zero-order chi connectivity index (χ0) is 21.3. The van der Waals surface area contributed by atoms with Gasteiger partial charge in [-0.2, -0.15) is 5.10 Å². The minimum Gasteiger partial charge on any atom is -0.484 e. The first-order valence-electron chi connectivity index (χ1n) is 9.44. The van der Waals surface area contributed by atoms with E-state index in [9.17, 15) is 9.59 Å². The highest BCUT2D eigenvalue weighted by Crippen LogP contribution is 2.22. The summed E-state index contributed by atoms with van der Waals surface area (Å²) >= 11 is 0. The van der Waals surface area contributed by atoms with E-state index in [2.05, 4.69) is 10.5 Å². The van der Waals surface area contributed by atoms with Gasteiger partial charge in [0.05, 0.1) is 18.4 Å². The largest absolute Gasteiger partial charge is 0.484 e. The number of ether oxygens (including phenoxy) is 2. The SMILES string of the molecule is CCOC(=O)c1ccc(-c2ccc(C=NNC(=O)COc3ccc(C)cc3)o2)cc1. The average Bonchev–Trinajstić information content (AvgIpc) is 3.22. The Morgan fingerprint density at radius 3 is 2.47 bits per heavy atom. The fraction of sp³-hybridized carbons (Fsp3) is 0.174. The molecule has 0 bridgehead atoms. The molecule has 0 aliphatic carbocycles. The monoisotopic (exact) mass is 406 g/mol. The number of aryl methyl sites for hydroxylation is 1. The molecule has 154 valence electrons. The van der Waals surface area contributed by atoms with E-state index in [0.717, 1.165) is 11.1 Å². The van der Waals surface area contributed by atoms with Crippen LogP contribution in [0.1, 0.15) is 28.6 Å². The van der Waals surface area contributed by atoms with Crippen molar-refractivity contribution in [3.63, 3.8) is 0 Å². The molecular weight excluding hydrogens is 384 g/mol. The molecule has 0 unspecified atom stereocenters. The molecule has 1 aromatic heterocycles. The van der Waals surface area contributed by atoms with Gasteiger partial charge in [-0.05, 0) is 50.2 Å². The summed E-state index contributed by atoms with van der Waals surface area (Å²) in [4.78, 5) is 23.5. The fourth-order valence-electron chi connectivity index (χ4n) is 2.55. The van der Waals surface area contributed by atoms with Crippen LogP contribution in [-0.2, 0) is 9.53 Å². The molecule has 0 spiro atoms. The Morgan fingerprint density at radius 2 is 1.77 bits per heavy atom. The topological polar surface area (TPSA) is 90.1 Å². The lowest BCUT2D eigenvalue weighted by Crippen LogP contribution is -2.24. The minimum absolute atomic E-state index is 0.142. The first-order valence-corrected chi connectivity index (χ1v) is 9.44. The number of hydrazone groups is 1. The quantitative estimate of drug-likeness (QED) is 0.347. The van der Waals surface area contributed by atoms with Crippen LogP contribution in [-0.4, -0.2) is 31.3 Å². The molecule has 7 nitrogen and oxygen atoms in total. The van der Waals surface area contributed by atoms with Gasteiger partial charge in [0.2, 0.25) is 0 Å². The number of hydrogen-bond acceptors (Lipinski definition) is 6. The van der Waals surface area contributed by atoms with Crippen LogP contribution < -0.4 is 10.2 Å². The van der Waals surface area contributed by atoms with Gasteiger partial charge in [0, 0.05) is 5.56 Å². The van der Waals surface area contributed by atoms with Crippen molar-refractivity contribution >= 4 is 18.1 Å². The van der Waals surface area contributed by atoms with Gasteiger partial charge in [-0.25, -0.2) is 10.2 Å². The van der Waals surface area contributed by atoms with Crippen molar-refractivity contribution in [2.24, 2.45) is 5.10 Å². The summed E-state index contributed by atoms with van der Waals surface area (Å²) in [5.74, 6) is 0.955.